The van der Waals surface area contributed by atoms with Crippen molar-refractivity contribution < 1.29 is 19.1 Å². The molecule has 3 fully saturated rings. The van der Waals surface area contributed by atoms with Crippen LogP contribution in [-0.4, -0.2) is 24.1 Å². The Bertz CT molecular complexity index is 943. The molecule has 174 valence electrons. The van der Waals surface area contributed by atoms with Gasteiger partial charge >= 0.3 is 11.9 Å². The summed E-state index contributed by atoms with van der Waals surface area (Å²) >= 11 is 0. The van der Waals surface area contributed by atoms with Crippen molar-refractivity contribution in [1.29, 1.82) is 0 Å². The van der Waals surface area contributed by atoms with E-state index in [1.54, 1.807) is 24.3 Å². The zero-order valence-electron chi connectivity index (χ0n) is 20.0. The van der Waals surface area contributed by atoms with Gasteiger partial charge in [0, 0.05) is 10.8 Å². The lowest BCUT2D eigenvalue weighted by Gasteiger charge is -2.60. The molecule has 2 aromatic rings. The van der Waals surface area contributed by atoms with E-state index in [-0.39, 0.29) is 22.8 Å². The minimum atomic E-state index is -0.520. The van der Waals surface area contributed by atoms with Crippen molar-refractivity contribution in [2.24, 2.45) is 34.5 Å². The van der Waals surface area contributed by atoms with Crippen molar-refractivity contribution in [2.45, 2.75) is 59.2 Å². The summed E-state index contributed by atoms with van der Waals surface area (Å²) in [5, 5.41) is 0. The van der Waals surface area contributed by atoms with Gasteiger partial charge in [-0.1, -0.05) is 64.1 Å². The molecule has 4 nitrogen and oxygen atoms in total. The first-order valence-corrected chi connectivity index (χ1v) is 12.2. The molecular formula is C29H34O4. The smallest absolute Gasteiger partial charge is 0.338 e. The van der Waals surface area contributed by atoms with Gasteiger partial charge in [0.25, 0.3) is 0 Å². The van der Waals surface area contributed by atoms with Crippen LogP contribution in [0.3, 0.4) is 0 Å². The van der Waals surface area contributed by atoms with Crippen molar-refractivity contribution in [2.75, 3.05) is 0 Å². The van der Waals surface area contributed by atoms with Crippen LogP contribution in [0, 0.1) is 34.5 Å². The van der Waals surface area contributed by atoms with Crippen LogP contribution in [-0.2, 0) is 9.47 Å². The first-order valence-electron chi connectivity index (χ1n) is 12.2. The fourth-order valence-corrected chi connectivity index (χ4v) is 7.53. The average Bonchev–Trinajstić information content (AvgIpc) is 3.44. The van der Waals surface area contributed by atoms with Crippen LogP contribution in [0.1, 0.15) is 67.7 Å². The quantitative estimate of drug-likeness (QED) is 0.527. The second kappa shape index (κ2) is 8.00. The predicted molar refractivity (Wildman–Crippen MR) is 127 cm³/mol. The number of hydrogen-bond donors (Lipinski definition) is 0. The Morgan fingerprint density at radius 2 is 1.03 bits per heavy atom. The fourth-order valence-electron chi connectivity index (χ4n) is 7.53. The van der Waals surface area contributed by atoms with E-state index in [1.807, 2.05) is 36.4 Å². The number of fused-ring (bicyclic) bond motifs is 5. The summed E-state index contributed by atoms with van der Waals surface area (Å²) in [6.07, 6.45) is 2.70. The van der Waals surface area contributed by atoms with Gasteiger partial charge in [-0.2, -0.15) is 0 Å². The maximum atomic E-state index is 13.2. The summed E-state index contributed by atoms with van der Waals surface area (Å²) in [6, 6.07) is 18.2. The normalized spacial score (nSPS) is 33.2. The van der Waals surface area contributed by atoms with Crippen molar-refractivity contribution in [3.8, 4) is 0 Å². The molecule has 0 aliphatic heterocycles. The minimum absolute atomic E-state index is 0.300. The Labute approximate surface area is 196 Å². The first-order chi connectivity index (χ1) is 15.7. The number of esters is 2. The summed E-state index contributed by atoms with van der Waals surface area (Å²) < 4.78 is 12.6. The average molecular weight is 447 g/mol. The van der Waals surface area contributed by atoms with E-state index in [0.717, 1.165) is 0 Å². The highest BCUT2D eigenvalue weighted by atomic mass is 16.6. The summed E-state index contributed by atoms with van der Waals surface area (Å²) in [5.41, 5.74) is 0.446. The number of rotatable bonds is 4. The van der Waals surface area contributed by atoms with Gasteiger partial charge in [-0.25, -0.2) is 9.59 Å². The Morgan fingerprint density at radius 1 is 0.667 bits per heavy atom. The van der Waals surface area contributed by atoms with E-state index in [1.165, 1.54) is 19.3 Å². The molecule has 33 heavy (non-hydrogen) atoms. The molecule has 0 spiro atoms. The van der Waals surface area contributed by atoms with Crippen molar-refractivity contribution in [3.63, 3.8) is 0 Å². The van der Waals surface area contributed by atoms with Crippen molar-refractivity contribution in [3.05, 3.63) is 71.8 Å². The van der Waals surface area contributed by atoms with Crippen molar-refractivity contribution in [1.82, 2.24) is 0 Å². The fraction of sp³-hybridized carbons (Fsp3) is 0.517. The summed E-state index contributed by atoms with van der Waals surface area (Å²) in [4.78, 5) is 26.4. The largest absolute Gasteiger partial charge is 0.454 e. The summed E-state index contributed by atoms with van der Waals surface area (Å²) in [6.45, 7) is 8.86. The Hall–Kier alpha value is -2.62. The second-order valence-corrected chi connectivity index (χ2v) is 11.4. The molecule has 6 unspecified atom stereocenters. The number of hydrogen-bond acceptors (Lipinski definition) is 4. The van der Waals surface area contributed by atoms with Crippen LogP contribution in [0.4, 0.5) is 0 Å². The van der Waals surface area contributed by atoms with Gasteiger partial charge in [0.15, 0.2) is 0 Å². The maximum absolute atomic E-state index is 13.2. The molecule has 6 atom stereocenters. The van der Waals surface area contributed by atoms with E-state index in [4.69, 9.17) is 9.47 Å². The minimum Gasteiger partial charge on any atom is -0.454 e. The molecule has 3 aliphatic rings. The molecule has 2 bridgehead atoms. The van der Waals surface area contributed by atoms with E-state index in [0.29, 0.717) is 34.8 Å². The van der Waals surface area contributed by atoms with Gasteiger partial charge in [-0.15, -0.1) is 0 Å². The van der Waals surface area contributed by atoms with Gasteiger partial charge in [-0.3, -0.25) is 0 Å². The van der Waals surface area contributed by atoms with Crippen LogP contribution < -0.4 is 0 Å². The molecule has 0 N–H and O–H groups in total. The van der Waals surface area contributed by atoms with Crippen LogP contribution in [0.2, 0.25) is 0 Å². The van der Waals surface area contributed by atoms with E-state index >= 15 is 0 Å². The Morgan fingerprint density at radius 3 is 1.39 bits per heavy atom. The molecule has 4 heteroatoms. The maximum Gasteiger partial charge on any atom is 0.338 e. The molecule has 0 radical (unpaired) electrons. The number of ether oxygens (including phenoxy) is 2. The van der Waals surface area contributed by atoms with Crippen LogP contribution in [0.25, 0.3) is 0 Å². The SMILES string of the molecule is CC1(C)C(OC(=O)c2ccccc2)C(OC(=O)c2ccccc2)C(C)(C)C2C3CCC(C3)C21. The molecule has 3 aliphatic carbocycles. The van der Waals surface area contributed by atoms with E-state index in [2.05, 4.69) is 27.7 Å². The van der Waals surface area contributed by atoms with Crippen molar-refractivity contribution >= 4 is 11.9 Å². The molecule has 3 saturated carbocycles. The lowest BCUT2D eigenvalue weighted by atomic mass is 9.48. The Balaban J connectivity index is 1.53. The molecule has 0 amide bonds. The van der Waals surface area contributed by atoms with E-state index < -0.39 is 12.2 Å². The molecule has 0 aromatic heterocycles. The molecule has 0 saturated heterocycles. The third-order valence-electron chi connectivity index (χ3n) is 8.86. The molecular weight excluding hydrogens is 412 g/mol. The monoisotopic (exact) mass is 446 g/mol. The highest BCUT2D eigenvalue weighted by molar-refractivity contribution is 5.90. The highest BCUT2D eigenvalue weighted by Crippen LogP contribution is 2.68. The Kier molecular flexibility index (Phi) is 5.38. The third kappa shape index (κ3) is 3.59. The standard InChI is InChI=1S/C29H34O4/c1-28(2)22-20-15-16-21(17-20)23(22)29(3,4)25(33-27(31)19-13-9-6-10-14-19)24(28)32-26(30)18-11-7-5-8-12-18/h5-14,20-25H,15-17H2,1-4H3. The topological polar surface area (TPSA) is 52.6 Å². The van der Waals surface area contributed by atoms with Gasteiger partial charge in [0.05, 0.1) is 11.1 Å². The zero-order chi connectivity index (χ0) is 23.4. The van der Waals surface area contributed by atoms with Gasteiger partial charge in [0.1, 0.15) is 12.2 Å². The van der Waals surface area contributed by atoms with E-state index in [9.17, 15) is 9.59 Å². The first kappa shape index (κ1) is 22.2. The predicted octanol–water partition coefficient (Wildman–Crippen LogP) is 6.17. The number of benzene rings is 2. The van der Waals surface area contributed by atoms with Crippen LogP contribution in [0.15, 0.2) is 60.7 Å². The number of carbonyl (C=O) groups is 2. The van der Waals surface area contributed by atoms with Crippen LogP contribution >= 0.6 is 0 Å². The summed E-state index contributed by atoms with van der Waals surface area (Å²) in [5.74, 6) is 1.49. The highest BCUT2D eigenvalue weighted by Gasteiger charge is 2.68. The van der Waals surface area contributed by atoms with Crippen LogP contribution in [0.5, 0.6) is 0 Å². The van der Waals surface area contributed by atoms with Gasteiger partial charge in [-0.05, 0) is 67.2 Å². The molecule has 0 heterocycles. The van der Waals surface area contributed by atoms with Gasteiger partial charge in [0.2, 0.25) is 0 Å². The lowest BCUT2D eigenvalue weighted by molar-refractivity contribution is -0.206. The molecule has 5 rings (SSSR count). The zero-order valence-corrected chi connectivity index (χ0v) is 20.0. The van der Waals surface area contributed by atoms with Gasteiger partial charge < -0.3 is 9.47 Å². The number of carbonyl (C=O) groups excluding carboxylic acids is 2. The summed E-state index contributed by atoms with van der Waals surface area (Å²) in [7, 11) is 0. The third-order valence-corrected chi connectivity index (χ3v) is 8.86. The lowest BCUT2D eigenvalue weighted by Crippen LogP contribution is -2.64. The molecule has 2 aromatic carbocycles. The second-order valence-electron chi connectivity index (χ2n) is 11.4.